The second kappa shape index (κ2) is 6.10. The largest absolute Gasteiger partial charge is 0.329 e. The topological polar surface area (TPSA) is 55.0 Å². The third kappa shape index (κ3) is 3.49. The van der Waals surface area contributed by atoms with Crippen molar-refractivity contribution in [3.05, 3.63) is 23.8 Å². The second-order valence-electron chi connectivity index (χ2n) is 5.67. The van der Waals surface area contributed by atoms with Crippen molar-refractivity contribution in [2.75, 3.05) is 19.6 Å². The maximum absolute atomic E-state index is 13.2. The molecule has 0 aliphatic carbocycles. The number of piperidine rings is 1. The molecular weight excluding hydrogens is 262 g/mol. The summed E-state index contributed by atoms with van der Waals surface area (Å²) in [6, 6.07) is -0.0766. The lowest BCUT2D eigenvalue weighted by Gasteiger charge is -2.36. The van der Waals surface area contributed by atoms with E-state index in [1.807, 2.05) is 18.7 Å². The Morgan fingerprint density at radius 1 is 1.25 bits per heavy atom. The highest BCUT2D eigenvalue weighted by atomic mass is 19.3. The van der Waals surface area contributed by atoms with Gasteiger partial charge in [-0.15, -0.1) is 0 Å². The monoisotopic (exact) mass is 284 g/mol. The van der Waals surface area contributed by atoms with Crippen LogP contribution in [-0.4, -0.2) is 40.4 Å². The van der Waals surface area contributed by atoms with Crippen LogP contribution in [-0.2, 0) is 0 Å². The highest BCUT2D eigenvalue weighted by molar-refractivity contribution is 5.13. The average Bonchev–Trinajstić information content (AvgIpc) is 2.42. The minimum Gasteiger partial charge on any atom is -0.329 e. The zero-order valence-electron chi connectivity index (χ0n) is 12.0. The fraction of sp³-hybridized carbons (Fsp3) is 0.714. The van der Waals surface area contributed by atoms with Crippen LogP contribution in [0.5, 0.6) is 0 Å². The van der Waals surface area contributed by atoms with Gasteiger partial charge < -0.3 is 5.73 Å². The maximum Gasteiger partial charge on any atom is 0.250 e. The van der Waals surface area contributed by atoms with Gasteiger partial charge in [0.1, 0.15) is 5.82 Å². The van der Waals surface area contributed by atoms with E-state index < -0.39 is 5.92 Å². The molecule has 6 heteroatoms. The van der Waals surface area contributed by atoms with E-state index >= 15 is 0 Å². The Bertz CT molecular complexity index is 423. The summed E-state index contributed by atoms with van der Waals surface area (Å²) in [7, 11) is 0. The van der Waals surface area contributed by atoms with Gasteiger partial charge in [-0.2, -0.15) is 0 Å². The molecule has 20 heavy (non-hydrogen) atoms. The Labute approximate surface area is 118 Å². The zero-order chi connectivity index (χ0) is 14.8. The van der Waals surface area contributed by atoms with Crippen molar-refractivity contribution >= 4 is 0 Å². The Hall–Kier alpha value is -1.14. The first-order chi connectivity index (χ1) is 9.43. The van der Waals surface area contributed by atoms with E-state index in [4.69, 9.17) is 5.73 Å². The van der Waals surface area contributed by atoms with Crippen molar-refractivity contribution in [2.45, 2.75) is 44.6 Å². The summed E-state index contributed by atoms with van der Waals surface area (Å²) >= 11 is 0. The van der Waals surface area contributed by atoms with Crippen molar-refractivity contribution in [2.24, 2.45) is 5.73 Å². The van der Waals surface area contributed by atoms with Crippen molar-refractivity contribution in [3.8, 4) is 0 Å². The van der Waals surface area contributed by atoms with Crippen LogP contribution >= 0.6 is 0 Å². The van der Waals surface area contributed by atoms with Crippen LogP contribution in [0, 0.1) is 0 Å². The van der Waals surface area contributed by atoms with Gasteiger partial charge in [-0.05, 0) is 0 Å². The molecule has 1 aliphatic heterocycles. The molecule has 0 spiro atoms. The van der Waals surface area contributed by atoms with Crippen LogP contribution in [0.25, 0.3) is 0 Å². The van der Waals surface area contributed by atoms with Gasteiger partial charge >= 0.3 is 0 Å². The van der Waals surface area contributed by atoms with E-state index in [-0.39, 0.29) is 24.8 Å². The summed E-state index contributed by atoms with van der Waals surface area (Å²) < 4.78 is 26.4. The minimum atomic E-state index is -2.53. The predicted octanol–water partition coefficient (Wildman–Crippen LogP) is 2.33. The third-order valence-electron chi connectivity index (χ3n) is 3.79. The van der Waals surface area contributed by atoms with Crippen LogP contribution in [0.3, 0.4) is 0 Å². The zero-order valence-corrected chi connectivity index (χ0v) is 12.0. The molecule has 0 amide bonds. The molecule has 2 N–H and O–H groups in total. The van der Waals surface area contributed by atoms with Crippen LogP contribution in [0.15, 0.2) is 12.4 Å². The molecular formula is C14H22F2N4. The van der Waals surface area contributed by atoms with Gasteiger partial charge in [0, 0.05) is 56.4 Å². The number of nitrogens with zero attached hydrogens (tertiary/aromatic N) is 3. The van der Waals surface area contributed by atoms with Gasteiger partial charge in [0.05, 0.1) is 6.04 Å². The Morgan fingerprint density at radius 3 is 2.25 bits per heavy atom. The summed E-state index contributed by atoms with van der Waals surface area (Å²) in [5.41, 5.74) is 6.72. The molecule has 0 bridgehead atoms. The summed E-state index contributed by atoms with van der Waals surface area (Å²) in [5, 5.41) is 0. The quantitative estimate of drug-likeness (QED) is 0.922. The van der Waals surface area contributed by atoms with E-state index in [0.717, 1.165) is 11.4 Å². The Kier molecular flexibility index (Phi) is 4.65. The van der Waals surface area contributed by atoms with Gasteiger partial charge in [0.2, 0.25) is 0 Å². The van der Waals surface area contributed by atoms with Crippen molar-refractivity contribution in [1.29, 1.82) is 0 Å². The fourth-order valence-corrected chi connectivity index (χ4v) is 2.48. The van der Waals surface area contributed by atoms with Gasteiger partial charge in [-0.3, -0.25) is 4.90 Å². The number of rotatable bonds is 4. The van der Waals surface area contributed by atoms with Gasteiger partial charge in [-0.1, -0.05) is 13.8 Å². The smallest absolute Gasteiger partial charge is 0.250 e. The molecule has 1 aliphatic rings. The second-order valence-corrected chi connectivity index (χ2v) is 5.67. The fourth-order valence-electron chi connectivity index (χ4n) is 2.48. The lowest BCUT2D eigenvalue weighted by molar-refractivity contribution is -0.0627. The SMILES string of the molecule is CC(C)c1ncc(C(CN)N2CCC(F)(F)CC2)cn1. The molecule has 2 heterocycles. The number of nitrogens with two attached hydrogens (primary N) is 1. The van der Waals surface area contributed by atoms with Crippen LogP contribution < -0.4 is 5.73 Å². The lowest BCUT2D eigenvalue weighted by Crippen LogP contribution is -2.43. The molecule has 0 aromatic carbocycles. The van der Waals surface area contributed by atoms with Gasteiger partial charge in [0.15, 0.2) is 0 Å². The molecule has 1 saturated heterocycles. The highest BCUT2D eigenvalue weighted by Crippen LogP contribution is 2.31. The number of hydrogen-bond acceptors (Lipinski definition) is 4. The molecule has 1 fully saturated rings. The first kappa shape index (κ1) is 15.3. The first-order valence-electron chi connectivity index (χ1n) is 7.07. The highest BCUT2D eigenvalue weighted by Gasteiger charge is 2.36. The van der Waals surface area contributed by atoms with Crippen molar-refractivity contribution < 1.29 is 8.78 Å². The van der Waals surface area contributed by atoms with E-state index in [9.17, 15) is 8.78 Å². The molecule has 1 unspecified atom stereocenters. The van der Waals surface area contributed by atoms with E-state index in [2.05, 4.69) is 9.97 Å². The average molecular weight is 284 g/mol. The number of alkyl halides is 2. The Balaban J connectivity index is 2.08. The van der Waals surface area contributed by atoms with E-state index in [0.29, 0.717) is 19.6 Å². The maximum atomic E-state index is 13.2. The number of hydrogen-bond donors (Lipinski definition) is 1. The molecule has 1 aromatic heterocycles. The van der Waals surface area contributed by atoms with Crippen molar-refractivity contribution in [3.63, 3.8) is 0 Å². The molecule has 0 saturated carbocycles. The summed E-state index contributed by atoms with van der Waals surface area (Å²) in [6.07, 6.45) is 3.34. The van der Waals surface area contributed by atoms with Crippen LogP contribution in [0.4, 0.5) is 8.78 Å². The standard InChI is InChI=1S/C14H22F2N4/c1-10(2)13-18-8-11(9-19-13)12(7-17)20-5-3-14(15,16)4-6-20/h8-10,12H,3-7,17H2,1-2H3. The molecule has 4 nitrogen and oxygen atoms in total. The lowest BCUT2D eigenvalue weighted by atomic mass is 10.0. The first-order valence-corrected chi connectivity index (χ1v) is 7.07. The molecule has 112 valence electrons. The summed E-state index contributed by atoms with van der Waals surface area (Å²) in [5.74, 6) is -1.48. The number of likely N-dealkylation sites (tertiary alicyclic amines) is 1. The molecule has 1 aromatic rings. The normalized spacial score (nSPS) is 21.1. The summed E-state index contributed by atoms with van der Waals surface area (Å²) in [6.45, 7) is 5.17. The molecule has 1 atom stereocenters. The molecule has 2 rings (SSSR count). The molecule has 0 radical (unpaired) electrons. The minimum absolute atomic E-state index is 0.0766. The van der Waals surface area contributed by atoms with E-state index in [1.54, 1.807) is 12.4 Å². The number of halogens is 2. The van der Waals surface area contributed by atoms with Crippen LogP contribution in [0.2, 0.25) is 0 Å². The Morgan fingerprint density at radius 2 is 1.80 bits per heavy atom. The van der Waals surface area contributed by atoms with E-state index in [1.165, 1.54) is 0 Å². The summed E-state index contributed by atoms with van der Waals surface area (Å²) in [4.78, 5) is 10.7. The third-order valence-corrected chi connectivity index (χ3v) is 3.79. The predicted molar refractivity (Wildman–Crippen MR) is 73.7 cm³/mol. The number of aromatic nitrogens is 2. The van der Waals surface area contributed by atoms with Gasteiger partial charge in [0.25, 0.3) is 5.92 Å². The van der Waals surface area contributed by atoms with Crippen LogP contribution in [0.1, 0.15) is 50.0 Å². The van der Waals surface area contributed by atoms with Gasteiger partial charge in [-0.25, -0.2) is 18.7 Å². The van der Waals surface area contributed by atoms with Crippen molar-refractivity contribution in [1.82, 2.24) is 14.9 Å².